The van der Waals surface area contributed by atoms with Gasteiger partial charge in [0.2, 0.25) is 0 Å². The molecule has 0 spiro atoms. The fraction of sp³-hybridized carbons (Fsp3) is 0.148. The Morgan fingerprint density at radius 3 is 2.71 bits per heavy atom. The number of hydrogen-bond acceptors (Lipinski definition) is 5. The van der Waals surface area contributed by atoms with Gasteiger partial charge in [0, 0.05) is 41.5 Å². The van der Waals surface area contributed by atoms with Crippen LogP contribution in [0.3, 0.4) is 0 Å². The summed E-state index contributed by atoms with van der Waals surface area (Å²) in [5, 5.41) is 18.6. The number of aromatic carboxylic acids is 1. The third kappa shape index (κ3) is 3.81. The monoisotopic (exact) mass is 453 g/mol. The van der Waals surface area contributed by atoms with Crippen molar-refractivity contribution in [1.82, 2.24) is 9.78 Å². The van der Waals surface area contributed by atoms with Gasteiger partial charge in [0.25, 0.3) is 0 Å². The second kappa shape index (κ2) is 8.19. The number of para-hydroxylation sites is 1. The van der Waals surface area contributed by atoms with Gasteiger partial charge in [-0.2, -0.15) is 5.10 Å². The molecule has 0 unspecified atom stereocenters. The molecule has 5 aromatic rings. The van der Waals surface area contributed by atoms with E-state index in [9.17, 15) is 14.7 Å². The van der Waals surface area contributed by atoms with E-state index in [1.807, 2.05) is 57.4 Å². The number of carbonyl (C=O) groups is 1. The maximum absolute atomic E-state index is 13.1. The summed E-state index contributed by atoms with van der Waals surface area (Å²) in [6.07, 6.45) is 1.92. The highest BCUT2D eigenvalue weighted by Crippen LogP contribution is 2.32. The standard InChI is InChI=1S/C27H23N3O4/c1-15-10-20(16(2)28-23-7-5-4-6-19(23)27(32)33)26-21(11-15)24(31)13-25(34-26)17-8-9-22-18(12-17)14-30(3)29-22/h4-14,16,28H,1-3H3,(H,32,33)/t16-/m0/s1. The molecule has 34 heavy (non-hydrogen) atoms. The summed E-state index contributed by atoms with van der Waals surface area (Å²) in [6.45, 7) is 3.84. The van der Waals surface area contributed by atoms with E-state index in [2.05, 4.69) is 10.4 Å². The van der Waals surface area contributed by atoms with Gasteiger partial charge in [-0.1, -0.05) is 18.2 Å². The fourth-order valence-corrected chi connectivity index (χ4v) is 4.31. The molecule has 7 heteroatoms. The zero-order valence-electron chi connectivity index (χ0n) is 19.0. The smallest absolute Gasteiger partial charge is 0.337 e. The molecule has 0 amide bonds. The summed E-state index contributed by atoms with van der Waals surface area (Å²) in [5.41, 5.74) is 4.35. The molecular weight excluding hydrogens is 430 g/mol. The summed E-state index contributed by atoms with van der Waals surface area (Å²) >= 11 is 0. The number of rotatable bonds is 5. The molecule has 0 bridgehead atoms. The highest BCUT2D eigenvalue weighted by Gasteiger charge is 2.18. The zero-order chi connectivity index (χ0) is 24.0. The van der Waals surface area contributed by atoms with Crippen LogP contribution in [0.5, 0.6) is 0 Å². The van der Waals surface area contributed by atoms with Crippen LogP contribution in [0.4, 0.5) is 5.69 Å². The lowest BCUT2D eigenvalue weighted by Crippen LogP contribution is -2.12. The van der Waals surface area contributed by atoms with Gasteiger partial charge in [0.1, 0.15) is 11.3 Å². The lowest BCUT2D eigenvalue weighted by Gasteiger charge is -2.19. The number of anilines is 1. The van der Waals surface area contributed by atoms with E-state index < -0.39 is 5.97 Å². The molecule has 3 aromatic carbocycles. The van der Waals surface area contributed by atoms with Crippen molar-refractivity contribution in [3.05, 3.63) is 93.8 Å². The normalized spacial score (nSPS) is 12.2. The van der Waals surface area contributed by atoms with Crippen LogP contribution < -0.4 is 10.7 Å². The van der Waals surface area contributed by atoms with Gasteiger partial charge >= 0.3 is 5.97 Å². The van der Waals surface area contributed by atoms with E-state index in [0.29, 0.717) is 22.4 Å². The number of carboxylic acid groups (broad SMARTS) is 1. The number of aromatic nitrogens is 2. The number of benzene rings is 3. The molecule has 0 radical (unpaired) electrons. The van der Waals surface area contributed by atoms with Crippen molar-refractivity contribution >= 4 is 33.5 Å². The maximum atomic E-state index is 13.1. The van der Waals surface area contributed by atoms with Crippen LogP contribution in [0, 0.1) is 6.92 Å². The Labute approximate surface area is 195 Å². The second-order valence-electron chi connectivity index (χ2n) is 8.50. The number of nitrogens with zero attached hydrogens (tertiary/aromatic N) is 2. The van der Waals surface area contributed by atoms with Crippen molar-refractivity contribution in [2.45, 2.75) is 19.9 Å². The van der Waals surface area contributed by atoms with Crippen molar-refractivity contribution in [3.8, 4) is 11.3 Å². The highest BCUT2D eigenvalue weighted by molar-refractivity contribution is 5.94. The van der Waals surface area contributed by atoms with E-state index in [-0.39, 0.29) is 17.0 Å². The van der Waals surface area contributed by atoms with Crippen molar-refractivity contribution in [2.75, 3.05) is 5.32 Å². The SMILES string of the molecule is Cc1cc([C@H](C)Nc2ccccc2C(=O)O)c2oc(-c3ccc4nn(C)cc4c3)cc(=O)c2c1. The van der Waals surface area contributed by atoms with Crippen molar-refractivity contribution < 1.29 is 14.3 Å². The predicted molar refractivity (Wildman–Crippen MR) is 132 cm³/mol. The van der Waals surface area contributed by atoms with Crippen LogP contribution in [0.1, 0.15) is 34.5 Å². The van der Waals surface area contributed by atoms with E-state index in [1.54, 1.807) is 28.9 Å². The Hall–Kier alpha value is -4.39. The molecule has 0 fully saturated rings. The van der Waals surface area contributed by atoms with Gasteiger partial charge in [0.15, 0.2) is 5.43 Å². The second-order valence-corrected chi connectivity index (χ2v) is 8.50. The highest BCUT2D eigenvalue weighted by atomic mass is 16.4. The van der Waals surface area contributed by atoms with Crippen LogP contribution in [-0.2, 0) is 7.05 Å². The molecule has 2 heterocycles. The summed E-state index contributed by atoms with van der Waals surface area (Å²) in [4.78, 5) is 24.7. The summed E-state index contributed by atoms with van der Waals surface area (Å²) in [5.74, 6) is -0.546. The predicted octanol–water partition coefficient (Wildman–Crippen LogP) is 5.53. The van der Waals surface area contributed by atoms with Crippen molar-refractivity contribution in [3.63, 3.8) is 0 Å². The lowest BCUT2D eigenvalue weighted by molar-refractivity contribution is 0.0698. The molecule has 2 N–H and O–H groups in total. The van der Waals surface area contributed by atoms with Crippen LogP contribution in [0.15, 0.2) is 76.1 Å². The van der Waals surface area contributed by atoms with Crippen LogP contribution in [-0.4, -0.2) is 20.9 Å². The fourth-order valence-electron chi connectivity index (χ4n) is 4.31. The number of fused-ring (bicyclic) bond motifs is 2. The summed E-state index contributed by atoms with van der Waals surface area (Å²) in [7, 11) is 1.86. The molecule has 1 atom stereocenters. The molecule has 0 saturated carbocycles. The van der Waals surface area contributed by atoms with E-state index in [4.69, 9.17) is 4.42 Å². The van der Waals surface area contributed by atoms with E-state index >= 15 is 0 Å². The Morgan fingerprint density at radius 2 is 1.91 bits per heavy atom. The van der Waals surface area contributed by atoms with Crippen molar-refractivity contribution in [1.29, 1.82) is 0 Å². The molecule has 0 aliphatic carbocycles. The Bertz CT molecular complexity index is 1630. The average Bonchev–Trinajstić information content (AvgIpc) is 3.18. The van der Waals surface area contributed by atoms with Crippen LogP contribution in [0.2, 0.25) is 0 Å². The van der Waals surface area contributed by atoms with Crippen LogP contribution >= 0.6 is 0 Å². The third-order valence-electron chi connectivity index (χ3n) is 5.90. The minimum atomic E-state index is -1.01. The quantitative estimate of drug-likeness (QED) is 0.363. The largest absolute Gasteiger partial charge is 0.478 e. The number of nitrogens with one attached hydrogen (secondary N) is 1. The van der Waals surface area contributed by atoms with Gasteiger partial charge in [-0.05, 0) is 55.8 Å². The first-order chi connectivity index (χ1) is 16.3. The third-order valence-corrected chi connectivity index (χ3v) is 5.90. The zero-order valence-corrected chi connectivity index (χ0v) is 19.0. The lowest BCUT2D eigenvalue weighted by atomic mass is 10.00. The minimum Gasteiger partial charge on any atom is -0.478 e. The molecule has 2 aromatic heterocycles. The molecule has 0 aliphatic heterocycles. The van der Waals surface area contributed by atoms with E-state index in [1.165, 1.54) is 6.07 Å². The van der Waals surface area contributed by atoms with Crippen LogP contribution in [0.25, 0.3) is 33.2 Å². The molecule has 0 saturated heterocycles. The topological polar surface area (TPSA) is 97.4 Å². The first kappa shape index (κ1) is 21.5. The van der Waals surface area contributed by atoms with Gasteiger partial charge in [0.05, 0.1) is 22.5 Å². The van der Waals surface area contributed by atoms with Gasteiger partial charge in [-0.15, -0.1) is 0 Å². The number of hydrogen-bond donors (Lipinski definition) is 2. The Kier molecular flexibility index (Phi) is 5.17. The van der Waals surface area contributed by atoms with E-state index in [0.717, 1.165) is 27.6 Å². The first-order valence-corrected chi connectivity index (χ1v) is 10.9. The molecule has 5 rings (SSSR count). The van der Waals surface area contributed by atoms with Crippen molar-refractivity contribution in [2.24, 2.45) is 7.05 Å². The van der Waals surface area contributed by atoms with Gasteiger partial charge in [-0.25, -0.2) is 4.79 Å². The number of aryl methyl sites for hydroxylation is 2. The minimum absolute atomic E-state index is 0.134. The van der Waals surface area contributed by atoms with Gasteiger partial charge in [-0.3, -0.25) is 9.48 Å². The van der Waals surface area contributed by atoms with Gasteiger partial charge < -0.3 is 14.8 Å². The average molecular weight is 453 g/mol. The molecule has 0 aliphatic rings. The maximum Gasteiger partial charge on any atom is 0.337 e. The summed E-state index contributed by atoms with van der Waals surface area (Å²) < 4.78 is 8.07. The molecular formula is C27H23N3O4. The number of carboxylic acids is 1. The summed E-state index contributed by atoms with van der Waals surface area (Å²) in [6, 6.07) is 17.5. The Morgan fingerprint density at radius 1 is 1.12 bits per heavy atom. The first-order valence-electron chi connectivity index (χ1n) is 10.9. The Balaban J connectivity index is 1.64. The molecule has 170 valence electrons. The molecule has 7 nitrogen and oxygen atoms in total.